The zero-order valence-electron chi connectivity index (χ0n) is 5.97. The molecule has 11 heavy (non-hydrogen) atoms. The van der Waals surface area contributed by atoms with E-state index in [9.17, 15) is 9.18 Å². The quantitative estimate of drug-likeness (QED) is 0.572. The maximum absolute atomic E-state index is 12.8. The van der Waals surface area contributed by atoms with Gasteiger partial charge < -0.3 is 5.11 Å². The molecule has 0 bridgehead atoms. The van der Waals surface area contributed by atoms with Gasteiger partial charge in [0.2, 0.25) is 0 Å². The van der Waals surface area contributed by atoms with Crippen molar-refractivity contribution < 1.29 is 14.3 Å². The van der Waals surface area contributed by atoms with Gasteiger partial charge in [-0.15, -0.1) is 0 Å². The van der Waals surface area contributed by atoms with Gasteiger partial charge in [-0.25, -0.2) is 4.39 Å². The summed E-state index contributed by atoms with van der Waals surface area (Å²) in [5.41, 5.74) is 0. The minimum atomic E-state index is -1.46. The van der Waals surface area contributed by atoms with Gasteiger partial charge in [0, 0.05) is 6.08 Å². The number of allylic oxidation sites excluding steroid dienone is 2. The Bertz CT molecular complexity index is 270. The van der Waals surface area contributed by atoms with Crippen molar-refractivity contribution in [2.75, 3.05) is 0 Å². The molecular weight excluding hydrogens is 147 g/mol. The lowest BCUT2D eigenvalue weighted by molar-refractivity contribution is -0.120. The van der Waals surface area contributed by atoms with Crippen LogP contribution in [0.1, 0.15) is 6.92 Å². The monoisotopic (exact) mass is 154 g/mol. The average molecular weight is 154 g/mol. The summed E-state index contributed by atoms with van der Waals surface area (Å²) in [7, 11) is 0. The van der Waals surface area contributed by atoms with Crippen molar-refractivity contribution in [1.82, 2.24) is 0 Å². The Kier molecular flexibility index (Phi) is 1.95. The van der Waals surface area contributed by atoms with Gasteiger partial charge in [-0.3, -0.25) is 4.79 Å². The molecule has 0 saturated heterocycles. The highest BCUT2D eigenvalue weighted by molar-refractivity contribution is 5.82. The first-order valence-corrected chi connectivity index (χ1v) is 3.18. The lowest BCUT2D eigenvalue weighted by Gasteiger charge is -2.11. The number of carbonyl (C=O) groups is 1. The summed E-state index contributed by atoms with van der Waals surface area (Å²) in [4.78, 5) is 10.7. The molecule has 58 valence electrons. The van der Waals surface area contributed by atoms with E-state index in [1.807, 2.05) is 0 Å². The molecule has 1 rings (SSSR count). The summed E-state index contributed by atoms with van der Waals surface area (Å²) in [6.07, 6.45) is -0.517. The summed E-state index contributed by atoms with van der Waals surface area (Å²) in [5.74, 6) is 3.07. The van der Waals surface area contributed by atoms with E-state index in [0.29, 0.717) is 0 Å². The van der Waals surface area contributed by atoms with Crippen LogP contribution in [0.4, 0.5) is 4.39 Å². The highest BCUT2D eigenvalue weighted by Crippen LogP contribution is 2.14. The number of Topliss-reactive ketones (excluding diaryl/α,β-unsaturated/α-hetero) is 1. The fourth-order valence-electron chi connectivity index (χ4n) is 0.846. The van der Waals surface area contributed by atoms with E-state index in [-0.39, 0.29) is 11.5 Å². The molecule has 1 aliphatic rings. The SMILES string of the molecule is CC(=O)C1C#CC(O)=CC1F. The van der Waals surface area contributed by atoms with Crippen molar-refractivity contribution in [2.24, 2.45) is 5.92 Å². The highest BCUT2D eigenvalue weighted by Gasteiger charge is 2.24. The van der Waals surface area contributed by atoms with E-state index in [1.165, 1.54) is 6.92 Å². The van der Waals surface area contributed by atoms with E-state index in [2.05, 4.69) is 11.8 Å². The number of hydrogen-bond donors (Lipinski definition) is 1. The smallest absolute Gasteiger partial charge is 0.166 e. The van der Waals surface area contributed by atoms with Crippen LogP contribution in [0.3, 0.4) is 0 Å². The number of halogens is 1. The first-order valence-electron chi connectivity index (χ1n) is 3.18. The molecule has 0 aromatic carbocycles. The second kappa shape index (κ2) is 2.75. The van der Waals surface area contributed by atoms with Crippen LogP contribution in [0.15, 0.2) is 11.8 Å². The van der Waals surface area contributed by atoms with E-state index < -0.39 is 12.1 Å². The maximum Gasteiger partial charge on any atom is 0.166 e. The third kappa shape index (κ3) is 1.58. The van der Waals surface area contributed by atoms with E-state index in [0.717, 1.165) is 6.08 Å². The van der Waals surface area contributed by atoms with Crippen LogP contribution in [-0.2, 0) is 4.79 Å². The van der Waals surface area contributed by atoms with Gasteiger partial charge in [-0.05, 0) is 12.8 Å². The molecule has 0 aromatic heterocycles. The molecule has 0 amide bonds. The Morgan fingerprint density at radius 2 is 2.45 bits per heavy atom. The molecule has 0 aromatic rings. The number of aliphatic hydroxyl groups excluding tert-OH is 1. The predicted octanol–water partition coefficient (Wildman–Crippen LogP) is 0.989. The van der Waals surface area contributed by atoms with Gasteiger partial charge in [0.25, 0.3) is 0 Å². The molecule has 1 N–H and O–H groups in total. The molecule has 2 atom stereocenters. The zero-order chi connectivity index (χ0) is 8.43. The summed E-state index contributed by atoms with van der Waals surface area (Å²) < 4.78 is 12.8. The molecule has 2 unspecified atom stereocenters. The molecule has 1 aliphatic carbocycles. The molecule has 0 heterocycles. The van der Waals surface area contributed by atoms with Crippen molar-refractivity contribution in [3.05, 3.63) is 11.8 Å². The number of carbonyl (C=O) groups excluding carboxylic acids is 1. The van der Waals surface area contributed by atoms with Crippen LogP contribution in [-0.4, -0.2) is 17.1 Å². The topological polar surface area (TPSA) is 37.3 Å². The van der Waals surface area contributed by atoms with Crippen molar-refractivity contribution in [3.63, 3.8) is 0 Å². The summed E-state index contributed by atoms with van der Waals surface area (Å²) in [6, 6.07) is 0. The molecule has 3 heteroatoms. The van der Waals surface area contributed by atoms with Crippen LogP contribution < -0.4 is 0 Å². The first-order chi connectivity index (χ1) is 5.11. The second-order valence-electron chi connectivity index (χ2n) is 2.35. The molecule has 0 fully saturated rings. The maximum atomic E-state index is 12.8. The summed E-state index contributed by atoms with van der Waals surface area (Å²) in [5, 5.41) is 8.72. The van der Waals surface area contributed by atoms with Crippen LogP contribution in [0.25, 0.3) is 0 Å². The molecular formula is C8H7FO2. The number of alkyl halides is 1. The Morgan fingerprint density at radius 3 is 2.91 bits per heavy atom. The van der Waals surface area contributed by atoms with E-state index >= 15 is 0 Å². The molecule has 0 aliphatic heterocycles. The summed E-state index contributed by atoms with van der Waals surface area (Å²) in [6.45, 7) is 1.28. The van der Waals surface area contributed by atoms with Crippen LogP contribution in [0, 0.1) is 17.8 Å². The Morgan fingerprint density at radius 1 is 1.82 bits per heavy atom. The first kappa shape index (κ1) is 7.80. The van der Waals surface area contributed by atoms with Gasteiger partial charge in [0.05, 0.1) is 0 Å². The number of aliphatic hydroxyl groups is 1. The number of rotatable bonds is 1. The lowest BCUT2D eigenvalue weighted by atomic mass is 9.97. The van der Waals surface area contributed by atoms with Crippen LogP contribution >= 0.6 is 0 Å². The van der Waals surface area contributed by atoms with E-state index in [1.54, 1.807) is 0 Å². The standard InChI is InChI=1S/C8H7FO2/c1-5(10)7-3-2-6(11)4-8(7)9/h4,7-8,11H,1H3. The van der Waals surface area contributed by atoms with Gasteiger partial charge in [-0.2, -0.15) is 0 Å². The minimum absolute atomic E-state index is 0.296. The summed E-state index contributed by atoms with van der Waals surface area (Å²) >= 11 is 0. The van der Waals surface area contributed by atoms with Crippen molar-refractivity contribution in [2.45, 2.75) is 13.1 Å². The third-order valence-electron chi connectivity index (χ3n) is 1.43. The zero-order valence-corrected chi connectivity index (χ0v) is 5.97. The Labute approximate surface area is 63.7 Å². The van der Waals surface area contributed by atoms with Gasteiger partial charge in [0.15, 0.2) is 5.76 Å². The minimum Gasteiger partial charge on any atom is -0.501 e. The normalized spacial score (nSPS) is 28.4. The fraction of sp³-hybridized carbons (Fsp3) is 0.375. The van der Waals surface area contributed by atoms with Crippen LogP contribution in [0.2, 0.25) is 0 Å². The molecule has 2 nitrogen and oxygen atoms in total. The van der Waals surface area contributed by atoms with Gasteiger partial charge in [-0.1, -0.05) is 5.92 Å². The Balaban J connectivity index is 2.84. The fourth-order valence-corrected chi connectivity index (χ4v) is 0.846. The van der Waals surface area contributed by atoms with Gasteiger partial charge >= 0.3 is 0 Å². The molecule has 0 spiro atoms. The van der Waals surface area contributed by atoms with Crippen molar-refractivity contribution >= 4 is 5.78 Å². The van der Waals surface area contributed by atoms with Crippen molar-refractivity contribution in [1.29, 1.82) is 0 Å². The molecule has 0 radical (unpaired) electrons. The lowest BCUT2D eigenvalue weighted by Crippen LogP contribution is -2.22. The molecule has 0 saturated carbocycles. The highest BCUT2D eigenvalue weighted by atomic mass is 19.1. The van der Waals surface area contributed by atoms with E-state index in [4.69, 9.17) is 5.11 Å². The predicted molar refractivity (Wildman–Crippen MR) is 37.6 cm³/mol. The Hall–Kier alpha value is -1.30. The third-order valence-corrected chi connectivity index (χ3v) is 1.43. The van der Waals surface area contributed by atoms with Crippen LogP contribution in [0.5, 0.6) is 0 Å². The second-order valence-corrected chi connectivity index (χ2v) is 2.35. The largest absolute Gasteiger partial charge is 0.501 e. The number of ketones is 1. The average Bonchev–Trinajstić information content (AvgIpc) is 1.85. The van der Waals surface area contributed by atoms with Crippen molar-refractivity contribution in [3.8, 4) is 11.8 Å². The van der Waals surface area contributed by atoms with Gasteiger partial charge in [0.1, 0.15) is 17.9 Å². The number of hydrogen-bond acceptors (Lipinski definition) is 2.